The minimum Gasteiger partial charge on any atom is -0.383 e. The first-order chi connectivity index (χ1) is 9.65. The molecule has 0 spiro atoms. The van der Waals surface area contributed by atoms with Crippen molar-refractivity contribution in [3.63, 3.8) is 0 Å². The minimum absolute atomic E-state index is 0.282. The molecule has 1 unspecified atom stereocenters. The number of oxime groups is 1. The van der Waals surface area contributed by atoms with Crippen molar-refractivity contribution >= 4 is 40.7 Å². The standard InChI is InChI=1S/C14H13ClN2O2S/c1-10(19-16-9-13-6-3-7-20-13)14(18)17-12-5-2-4-11(15)8-12/h2-10H,1H3,(H,17,18). The van der Waals surface area contributed by atoms with Gasteiger partial charge in [0.1, 0.15) is 0 Å². The van der Waals surface area contributed by atoms with Gasteiger partial charge >= 0.3 is 0 Å². The second kappa shape index (κ2) is 7.07. The normalized spacial score (nSPS) is 12.3. The van der Waals surface area contributed by atoms with E-state index >= 15 is 0 Å². The van der Waals surface area contributed by atoms with Crippen LogP contribution in [0.4, 0.5) is 5.69 Å². The predicted molar refractivity (Wildman–Crippen MR) is 82.5 cm³/mol. The van der Waals surface area contributed by atoms with Crippen molar-refractivity contribution in [2.45, 2.75) is 13.0 Å². The van der Waals surface area contributed by atoms with Crippen LogP contribution >= 0.6 is 22.9 Å². The fourth-order valence-corrected chi connectivity index (χ4v) is 2.16. The number of amides is 1. The van der Waals surface area contributed by atoms with Gasteiger partial charge in [0, 0.05) is 15.6 Å². The minimum atomic E-state index is -0.690. The molecular formula is C14H13ClN2O2S. The maximum atomic E-state index is 11.9. The van der Waals surface area contributed by atoms with E-state index in [0.717, 1.165) is 4.88 Å². The molecule has 0 saturated carbocycles. The highest BCUT2D eigenvalue weighted by Gasteiger charge is 2.14. The summed E-state index contributed by atoms with van der Waals surface area (Å²) in [5, 5.41) is 9.00. The summed E-state index contributed by atoms with van der Waals surface area (Å²) < 4.78 is 0. The van der Waals surface area contributed by atoms with E-state index in [4.69, 9.17) is 16.4 Å². The summed E-state index contributed by atoms with van der Waals surface area (Å²) in [7, 11) is 0. The number of hydrogen-bond donors (Lipinski definition) is 1. The van der Waals surface area contributed by atoms with E-state index in [0.29, 0.717) is 10.7 Å². The second-order valence-electron chi connectivity index (χ2n) is 4.00. The number of thiophene rings is 1. The number of benzene rings is 1. The average molecular weight is 309 g/mol. The highest BCUT2D eigenvalue weighted by molar-refractivity contribution is 7.11. The summed E-state index contributed by atoms with van der Waals surface area (Å²) in [6, 6.07) is 10.8. The van der Waals surface area contributed by atoms with E-state index in [1.54, 1.807) is 48.7 Å². The molecule has 0 radical (unpaired) electrons. The SMILES string of the molecule is CC(ON=Cc1cccs1)C(=O)Nc1cccc(Cl)c1. The topological polar surface area (TPSA) is 50.7 Å². The molecule has 1 atom stereocenters. The molecule has 1 aromatic heterocycles. The van der Waals surface area contributed by atoms with Gasteiger partial charge in [-0.15, -0.1) is 11.3 Å². The van der Waals surface area contributed by atoms with Crippen LogP contribution in [0.3, 0.4) is 0 Å². The largest absolute Gasteiger partial charge is 0.383 e. The number of carbonyl (C=O) groups is 1. The first-order valence-corrected chi connectivity index (χ1v) is 7.20. The molecule has 0 aliphatic heterocycles. The molecule has 2 rings (SSSR count). The van der Waals surface area contributed by atoms with Gasteiger partial charge in [0.05, 0.1) is 6.21 Å². The number of anilines is 1. The van der Waals surface area contributed by atoms with Gasteiger partial charge in [-0.05, 0) is 36.6 Å². The van der Waals surface area contributed by atoms with Crippen molar-refractivity contribution in [3.05, 3.63) is 51.7 Å². The van der Waals surface area contributed by atoms with E-state index in [1.165, 1.54) is 0 Å². The van der Waals surface area contributed by atoms with Gasteiger partial charge in [-0.25, -0.2) is 0 Å². The Hall–Kier alpha value is -1.85. The van der Waals surface area contributed by atoms with Crippen molar-refractivity contribution in [1.29, 1.82) is 0 Å². The summed E-state index contributed by atoms with van der Waals surface area (Å²) in [5.41, 5.74) is 0.625. The average Bonchev–Trinajstić information content (AvgIpc) is 2.91. The molecule has 104 valence electrons. The molecule has 1 aromatic carbocycles. The monoisotopic (exact) mass is 308 g/mol. The van der Waals surface area contributed by atoms with Crippen LogP contribution in [0.1, 0.15) is 11.8 Å². The van der Waals surface area contributed by atoms with Gasteiger partial charge < -0.3 is 10.2 Å². The van der Waals surface area contributed by atoms with E-state index < -0.39 is 6.10 Å². The van der Waals surface area contributed by atoms with Gasteiger partial charge in [-0.1, -0.05) is 28.9 Å². The summed E-state index contributed by atoms with van der Waals surface area (Å²) >= 11 is 7.39. The lowest BCUT2D eigenvalue weighted by molar-refractivity contribution is -0.126. The third kappa shape index (κ3) is 4.36. The molecule has 0 saturated heterocycles. The second-order valence-corrected chi connectivity index (χ2v) is 5.41. The van der Waals surface area contributed by atoms with Crippen LogP contribution in [0, 0.1) is 0 Å². The lowest BCUT2D eigenvalue weighted by Crippen LogP contribution is -2.26. The van der Waals surface area contributed by atoms with Gasteiger partial charge in [0.2, 0.25) is 6.10 Å². The van der Waals surface area contributed by atoms with Crippen LogP contribution in [0.2, 0.25) is 5.02 Å². The van der Waals surface area contributed by atoms with Crippen LogP contribution in [0.5, 0.6) is 0 Å². The van der Waals surface area contributed by atoms with Gasteiger partial charge in [0.15, 0.2) is 0 Å². The number of rotatable bonds is 5. The lowest BCUT2D eigenvalue weighted by atomic mass is 10.3. The Bertz CT molecular complexity index is 599. The lowest BCUT2D eigenvalue weighted by Gasteiger charge is -2.10. The molecule has 4 nitrogen and oxygen atoms in total. The molecule has 1 N–H and O–H groups in total. The van der Waals surface area contributed by atoms with Crippen LogP contribution in [-0.4, -0.2) is 18.2 Å². The molecule has 1 heterocycles. The van der Waals surface area contributed by atoms with Gasteiger partial charge in [-0.3, -0.25) is 4.79 Å². The maximum Gasteiger partial charge on any atom is 0.267 e. The summed E-state index contributed by atoms with van der Waals surface area (Å²) in [6.07, 6.45) is 0.888. The van der Waals surface area contributed by atoms with Crippen molar-refractivity contribution < 1.29 is 9.63 Å². The number of carbonyl (C=O) groups excluding carboxylic acids is 1. The molecule has 0 fully saturated rings. The molecule has 2 aromatic rings. The molecule has 20 heavy (non-hydrogen) atoms. The Kier molecular flexibility index (Phi) is 5.15. The zero-order valence-corrected chi connectivity index (χ0v) is 12.3. The molecule has 0 bridgehead atoms. The maximum absolute atomic E-state index is 11.9. The van der Waals surface area contributed by atoms with Crippen molar-refractivity contribution in [1.82, 2.24) is 0 Å². The highest BCUT2D eigenvalue weighted by Crippen LogP contribution is 2.15. The molecule has 6 heteroatoms. The Morgan fingerprint density at radius 1 is 1.45 bits per heavy atom. The summed E-state index contributed by atoms with van der Waals surface area (Å²) in [5.74, 6) is -0.282. The summed E-state index contributed by atoms with van der Waals surface area (Å²) in [4.78, 5) is 17.9. The molecule has 0 aliphatic carbocycles. The zero-order valence-electron chi connectivity index (χ0n) is 10.7. The third-order valence-electron chi connectivity index (χ3n) is 2.40. The fraction of sp³-hybridized carbons (Fsp3) is 0.143. The van der Waals surface area contributed by atoms with Gasteiger partial charge in [0.25, 0.3) is 5.91 Å². The van der Waals surface area contributed by atoms with Crippen LogP contribution in [0.15, 0.2) is 46.9 Å². The molecular weight excluding hydrogens is 296 g/mol. The first-order valence-electron chi connectivity index (χ1n) is 5.94. The number of nitrogens with one attached hydrogen (secondary N) is 1. The number of halogens is 1. The van der Waals surface area contributed by atoms with Crippen molar-refractivity contribution in [2.75, 3.05) is 5.32 Å². The fourth-order valence-electron chi connectivity index (χ4n) is 1.40. The Morgan fingerprint density at radius 2 is 2.30 bits per heavy atom. The molecule has 0 aliphatic rings. The number of nitrogens with zero attached hydrogens (tertiary/aromatic N) is 1. The van der Waals surface area contributed by atoms with Crippen molar-refractivity contribution in [2.24, 2.45) is 5.16 Å². The quantitative estimate of drug-likeness (QED) is 0.675. The van der Waals surface area contributed by atoms with E-state index in [9.17, 15) is 4.79 Å². The highest BCUT2D eigenvalue weighted by atomic mass is 35.5. The Balaban J connectivity index is 1.86. The van der Waals surface area contributed by atoms with Gasteiger partial charge in [-0.2, -0.15) is 0 Å². The zero-order chi connectivity index (χ0) is 14.4. The predicted octanol–water partition coefficient (Wildman–Crippen LogP) is 3.78. The Labute approximate surface area is 126 Å². The summed E-state index contributed by atoms with van der Waals surface area (Å²) in [6.45, 7) is 1.63. The third-order valence-corrected chi connectivity index (χ3v) is 3.45. The Morgan fingerprint density at radius 3 is 3.00 bits per heavy atom. The molecule has 1 amide bonds. The van der Waals surface area contributed by atoms with Crippen LogP contribution in [-0.2, 0) is 9.63 Å². The van der Waals surface area contributed by atoms with Crippen molar-refractivity contribution in [3.8, 4) is 0 Å². The smallest absolute Gasteiger partial charge is 0.267 e. The van der Waals surface area contributed by atoms with E-state index in [-0.39, 0.29) is 5.91 Å². The van der Waals surface area contributed by atoms with Crippen LogP contribution in [0.25, 0.3) is 0 Å². The number of hydrogen-bond acceptors (Lipinski definition) is 4. The first kappa shape index (κ1) is 14.6. The van der Waals surface area contributed by atoms with Crippen LogP contribution < -0.4 is 5.32 Å². The van der Waals surface area contributed by atoms with E-state index in [1.807, 2.05) is 17.5 Å². The van der Waals surface area contributed by atoms with E-state index in [2.05, 4.69) is 10.5 Å².